The van der Waals surface area contributed by atoms with Crippen LogP contribution in [0.3, 0.4) is 0 Å². The number of aryl methyl sites for hydroxylation is 1. The number of nitrogens with two attached hydrogens (primary N) is 1. The van der Waals surface area contributed by atoms with Gasteiger partial charge in [-0.3, -0.25) is 9.79 Å². The number of primary amides is 1. The van der Waals surface area contributed by atoms with Gasteiger partial charge >= 0.3 is 0 Å². The molecule has 0 saturated heterocycles. The zero-order valence-electron chi connectivity index (χ0n) is 13.3. The van der Waals surface area contributed by atoms with Gasteiger partial charge < -0.3 is 15.2 Å². The molecule has 1 aromatic heterocycles. The van der Waals surface area contributed by atoms with Gasteiger partial charge in [0.2, 0.25) is 5.88 Å². The van der Waals surface area contributed by atoms with E-state index in [4.69, 9.17) is 15.2 Å². The fourth-order valence-electron chi connectivity index (χ4n) is 3.31. The number of hydrogen-bond acceptors (Lipinski definition) is 5. The number of methoxy groups -OCH3 is 1. The van der Waals surface area contributed by atoms with Crippen molar-refractivity contribution < 1.29 is 14.3 Å². The first-order valence-electron chi connectivity index (χ1n) is 7.87. The molecule has 24 heavy (non-hydrogen) atoms. The van der Waals surface area contributed by atoms with Gasteiger partial charge in [0, 0.05) is 41.1 Å². The van der Waals surface area contributed by atoms with Crippen LogP contribution in [-0.2, 0) is 12.8 Å². The Morgan fingerprint density at radius 3 is 3.04 bits per heavy atom. The number of pyridine rings is 1. The van der Waals surface area contributed by atoms with Crippen LogP contribution in [0.1, 0.15) is 27.9 Å². The van der Waals surface area contributed by atoms with E-state index in [-0.39, 0.29) is 0 Å². The number of nitrogens with zero attached hydrogens (tertiary/aromatic N) is 2. The number of carbonyl (C=O) groups excluding carboxylic acids is 1. The van der Waals surface area contributed by atoms with Crippen molar-refractivity contribution in [3.63, 3.8) is 0 Å². The van der Waals surface area contributed by atoms with E-state index >= 15 is 0 Å². The molecule has 0 aliphatic carbocycles. The highest BCUT2D eigenvalue weighted by Crippen LogP contribution is 2.43. The average Bonchev–Trinajstić information content (AvgIpc) is 3.08. The first kappa shape index (κ1) is 14.7. The number of carbonyl (C=O) groups is 1. The predicted octanol–water partition coefficient (Wildman–Crippen LogP) is 2.44. The van der Waals surface area contributed by atoms with E-state index < -0.39 is 5.91 Å². The highest BCUT2D eigenvalue weighted by Gasteiger charge is 2.25. The summed E-state index contributed by atoms with van der Waals surface area (Å²) in [6, 6.07) is 3.89. The molecule has 122 valence electrons. The summed E-state index contributed by atoms with van der Waals surface area (Å²) in [6.07, 6.45) is 6.06. The molecule has 0 bridgehead atoms. The van der Waals surface area contributed by atoms with Crippen molar-refractivity contribution in [2.45, 2.75) is 19.3 Å². The number of fused-ring (bicyclic) bond motifs is 2. The number of aromatic nitrogens is 1. The minimum Gasteiger partial charge on any atom is -0.496 e. The Balaban J connectivity index is 1.91. The van der Waals surface area contributed by atoms with Gasteiger partial charge in [0.05, 0.1) is 25.0 Å². The monoisotopic (exact) mass is 323 g/mol. The Morgan fingerprint density at radius 2 is 2.25 bits per heavy atom. The van der Waals surface area contributed by atoms with Gasteiger partial charge in [0.1, 0.15) is 5.75 Å². The normalized spacial score (nSPS) is 14.7. The van der Waals surface area contributed by atoms with E-state index in [0.29, 0.717) is 30.2 Å². The zero-order valence-corrected chi connectivity index (χ0v) is 13.3. The lowest BCUT2D eigenvalue weighted by atomic mass is 9.94. The van der Waals surface area contributed by atoms with E-state index in [1.165, 1.54) is 7.11 Å². The molecule has 0 fully saturated rings. The fourth-order valence-corrected chi connectivity index (χ4v) is 3.31. The van der Waals surface area contributed by atoms with Crippen LogP contribution in [0.2, 0.25) is 0 Å². The maximum absolute atomic E-state index is 11.8. The molecule has 6 heteroatoms. The number of amides is 1. The summed E-state index contributed by atoms with van der Waals surface area (Å²) in [5, 5.41) is 0. The SMILES string of the molecule is COc1cc(-c2cnc3c(c2)CCCO3)c2c(c1C(N)=O)CC=N2. The molecule has 2 N–H and O–H groups in total. The van der Waals surface area contributed by atoms with Crippen LogP contribution in [0, 0.1) is 0 Å². The van der Waals surface area contributed by atoms with Crippen LogP contribution < -0.4 is 15.2 Å². The maximum Gasteiger partial charge on any atom is 0.252 e. The third kappa shape index (κ3) is 2.22. The zero-order chi connectivity index (χ0) is 16.7. The molecule has 0 unspecified atom stereocenters. The van der Waals surface area contributed by atoms with E-state index in [1.54, 1.807) is 12.4 Å². The molecule has 2 aliphatic rings. The second kappa shape index (κ2) is 5.63. The van der Waals surface area contributed by atoms with Crippen LogP contribution in [-0.4, -0.2) is 30.8 Å². The van der Waals surface area contributed by atoms with E-state index in [1.807, 2.05) is 6.07 Å². The number of aliphatic imine (C=N–C) groups is 1. The second-order valence-corrected chi connectivity index (χ2v) is 5.85. The minimum atomic E-state index is -0.503. The van der Waals surface area contributed by atoms with Crippen LogP contribution in [0.5, 0.6) is 11.6 Å². The molecule has 6 nitrogen and oxygen atoms in total. The van der Waals surface area contributed by atoms with Gasteiger partial charge in [-0.1, -0.05) is 0 Å². The van der Waals surface area contributed by atoms with Gasteiger partial charge in [-0.15, -0.1) is 0 Å². The van der Waals surface area contributed by atoms with Crippen LogP contribution >= 0.6 is 0 Å². The number of benzene rings is 1. The molecule has 3 heterocycles. The Bertz CT molecular complexity index is 874. The summed E-state index contributed by atoms with van der Waals surface area (Å²) >= 11 is 0. The van der Waals surface area contributed by atoms with E-state index in [9.17, 15) is 4.79 Å². The van der Waals surface area contributed by atoms with Crippen molar-refractivity contribution in [3.8, 4) is 22.8 Å². The molecule has 4 rings (SSSR count). The summed E-state index contributed by atoms with van der Waals surface area (Å²) in [6.45, 7) is 0.709. The van der Waals surface area contributed by atoms with Gasteiger partial charge in [-0.25, -0.2) is 4.98 Å². The van der Waals surface area contributed by atoms with Crippen molar-refractivity contribution in [2.75, 3.05) is 13.7 Å². The molecule has 0 atom stereocenters. The van der Waals surface area contributed by atoms with Gasteiger partial charge in [0.25, 0.3) is 5.91 Å². The van der Waals surface area contributed by atoms with Crippen molar-refractivity contribution in [2.24, 2.45) is 10.7 Å². The second-order valence-electron chi connectivity index (χ2n) is 5.85. The molecule has 0 radical (unpaired) electrons. The quantitative estimate of drug-likeness (QED) is 0.940. The fraction of sp³-hybridized carbons (Fsp3) is 0.278. The van der Waals surface area contributed by atoms with E-state index in [0.717, 1.165) is 40.8 Å². The standard InChI is InChI=1S/C18H17N3O3/c1-23-14-8-13(16-12(4-5-20-16)15(14)17(19)22)11-7-10-3-2-6-24-18(10)21-9-11/h5,7-9H,2-4,6H2,1H3,(H2,19,22). The molecule has 2 aliphatic heterocycles. The lowest BCUT2D eigenvalue weighted by Gasteiger charge is -2.18. The van der Waals surface area contributed by atoms with Crippen molar-refractivity contribution in [3.05, 3.63) is 35.0 Å². The average molecular weight is 323 g/mol. The summed E-state index contributed by atoms with van der Waals surface area (Å²) in [7, 11) is 1.53. The first-order chi connectivity index (χ1) is 11.7. The topological polar surface area (TPSA) is 86.8 Å². The summed E-state index contributed by atoms with van der Waals surface area (Å²) in [5.41, 5.74) is 10.4. The van der Waals surface area contributed by atoms with Crippen molar-refractivity contribution in [1.29, 1.82) is 0 Å². The van der Waals surface area contributed by atoms with Crippen molar-refractivity contribution in [1.82, 2.24) is 4.98 Å². The molecule has 1 aromatic carbocycles. The number of ether oxygens (including phenoxy) is 2. The Morgan fingerprint density at radius 1 is 1.38 bits per heavy atom. The third-order valence-electron chi connectivity index (χ3n) is 4.41. The summed E-state index contributed by atoms with van der Waals surface area (Å²) < 4.78 is 11.0. The molecule has 0 saturated carbocycles. The predicted molar refractivity (Wildman–Crippen MR) is 90.4 cm³/mol. The Hall–Kier alpha value is -2.89. The highest BCUT2D eigenvalue weighted by atomic mass is 16.5. The number of hydrogen-bond donors (Lipinski definition) is 1. The van der Waals surface area contributed by atoms with E-state index in [2.05, 4.69) is 16.0 Å². The minimum absolute atomic E-state index is 0.406. The van der Waals surface area contributed by atoms with Crippen molar-refractivity contribution >= 4 is 17.8 Å². The highest BCUT2D eigenvalue weighted by molar-refractivity contribution is 6.03. The van der Waals surface area contributed by atoms with Crippen LogP contribution in [0.4, 0.5) is 5.69 Å². The Labute approximate surface area is 139 Å². The Kier molecular flexibility index (Phi) is 3.45. The number of rotatable bonds is 3. The van der Waals surface area contributed by atoms with Crippen LogP contribution in [0.25, 0.3) is 11.1 Å². The summed E-state index contributed by atoms with van der Waals surface area (Å²) in [4.78, 5) is 20.7. The molecule has 1 amide bonds. The molecule has 2 aromatic rings. The lowest BCUT2D eigenvalue weighted by Crippen LogP contribution is -2.15. The summed E-state index contributed by atoms with van der Waals surface area (Å²) in [5.74, 6) is 0.665. The third-order valence-corrected chi connectivity index (χ3v) is 4.41. The largest absolute Gasteiger partial charge is 0.496 e. The van der Waals surface area contributed by atoms with Gasteiger partial charge in [-0.2, -0.15) is 0 Å². The smallest absolute Gasteiger partial charge is 0.252 e. The maximum atomic E-state index is 11.8. The first-order valence-corrected chi connectivity index (χ1v) is 7.87. The molecular weight excluding hydrogens is 306 g/mol. The van der Waals surface area contributed by atoms with Gasteiger partial charge in [-0.05, 0) is 25.0 Å². The van der Waals surface area contributed by atoms with Crippen LogP contribution in [0.15, 0.2) is 23.3 Å². The molecule has 0 spiro atoms. The lowest BCUT2D eigenvalue weighted by molar-refractivity contribution is 0.0997. The van der Waals surface area contributed by atoms with Gasteiger partial charge in [0.15, 0.2) is 0 Å². The molecular formula is C18H17N3O3.